The zero-order valence-corrected chi connectivity index (χ0v) is 10.0. The number of aromatic nitrogens is 2. The molecule has 0 bridgehead atoms. The molecule has 3 nitrogen and oxygen atoms in total. The molecule has 0 atom stereocenters. The van der Waals surface area contributed by atoms with Crippen LogP contribution in [0.4, 0.5) is 0 Å². The van der Waals surface area contributed by atoms with Crippen LogP contribution in [-0.2, 0) is 0 Å². The molecule has 0 saturated heterocycles. The lowest BCUT2D eigenvalue weighted by atomic mass is 10.2. The van der Waals surface area contributed by atoms with E-state index in [1.807, 2.05) is 12.1 Å². The molecule has 0 spiro atoms. The Bertz CT molecular complexity index is 470. The van der Waals surface area contributed by atoms with Gasteiger partial charge in [-0.1, -0.05) is 27.7 Å². The maximum Gasteiger partial charge on any atom is 0.170 e. The van der Waals surface area contributed by atoms with Crippen LogP contribution in [0.3, 0.4) is 0 Å². The Balaban J connectivity index is 2.34. The summed E-state index contributed by atoms with van der Waals surface area (Å²) in [6.45, 7) is 0. The van der Waals surface area contributed by atoms with Gasteiger partial charge in [0.25, 0.3) is 0 Å². The molecule has 1 N–H and O–H groups in total. The molecule has 76 valence electrons. The minimum absolute atomic E-state index is 0.666. The van der Waals surface area contributed by atoms with E-state index in [2.05, 4.69) is 25.9 Å². The fraction of sp³-hybridized carbons (Fsp3) is 0. The smallest absolute Gasteiger partial charge is 0.170 e. The summed E-state index contributed by atoms with van der Waals surface area (Å²) < 4.78 is 0.946. The molecule has 0 saturated carbocycles. The Morgan fingerprint density at radius 3 is 3.00 bits per heavy atom. The van der Waals surface area contributed by atoms with Crippen molar-refractivity contribution in [2.24, 2.45) is 0 Å². The predicted octanol–water partition coefficient (Wildman–Crippen LogP) is 3.14. The quantitative estimate of drug-likeness (QED) is 0.880. The van der Waals surface area contributed by atoms with Crippen LogP contribution in [0.2, 0.25) is 0 Å². The summed E-state index contributed by atoms with van der Waals surface area (Å²) >= 11 is 4.80. The summed E-state index contributed by atoms with van der Waals surface area (Å²) in [4.78, 5) is 18.8. The molecule has 2 rings (SSSR count). The number of aldehydes is 1. The van der Waals surface area contributed by atoms with E-state index in [9.17, 15) is 4.79 Å². The summed E-state index contributed by atoms with van der Waals surface area (Å²) in [7, 11) is 0. The molecule has 1 aromatic heterocycles. The van der Waals surface area contributed by atoms with Gasteiger partial charge in [-0.2, -0.15) is 0 Å². The third-order valence-corrected chi connectivity index (χ3v) is 3.27. The van der Waals surface area contributed by atoms with Gasteiger partial charge in [-0.3, -0.25) is 4.79 Å². The van der Waals surface area contributed by atoms with Gasteiger partial charge in [-0.05, 0) is 18.2 Å². The van der Waals surface area contributed by atoms with E-state index in [0.717, 1.165) is 20.8 Å². The van der Waals surface area contributed by atoms with E-state index in [4.69, 9.17) is 0 Å². The summed E-state index contributed by atoms with van der Waals surface area (Å²) in [5.74, 6) is 0. The second-order valence-electron chi connectivity index (χ2n) is 2.80. The van der Waals surface area contributed by atoms with Crippen LogP contribution < -0.4 is 0 Å². The highest BCUT2D eigenvalue weighted by Gasteiger charge is 2.05. The minimum atomic E-state index is 0.666. The van der Waals surface area contributed by atoms with Gasteiger partial charge in [0, 0.05) is 27.3 Å². The minimum Gasteiger partial charge on any atom is -0.339 e. The molecule has 5 heteroatoms. The van der Waals surface area contributed by atoms with Crippen LogP contribution in [-0.4, -0.2) is 16.3 Å². The first-order valence-corrected chi connectivity index (χ1v) is 5.82. The maximum absolute atomic E-state index is 10.8. The topological polar surface area (TPSA) is 45.8 Å². The van der Waals surface area contributed by atoms with Gasteiger partial charge in [0.15, 0.2) is 11.4 Å². The van der Waals surface area contributed by atoms with Crippen molar-refractivity contribution in [3.63, 3.8) is 0 Å². The Morgan fingerprint density at radius 1 is 1.47 bits per heavy atom. The molecular formula is C10H7BrN2OS. The molecule has 0 unspecified atom stereocenters. The van der Waals surface area contributed by atoms with Crippen LogP contribution in [0.1, 0.15) is 10.4 Å². The first-order chi connectivity index (χ1) is 7.29. The van der Waals surface area contributed by atoms with Crippen molar-refractivity contribution < 1.29 is 4.79 Å². The number of halogens is 1. The summed E-state index contributed by atoms with van der Waals surface area (Å²) in [5, 5.41) is 0.774. The summed E-state index contributed by atoms with van der Waals surface area (Å²) in [5.41, 5.74) is 0.666. The number of H-pyrrole nitrogens is 1. The predicted molar refractivity (Wildman–Crippen MR) is 62.2 cm³/mol. The van der Waals surface area contributed by atoms with Gasteiger partial charge in [0.2, 0.25) is 0 Å². The molecule has 0 aliphatic carbocycles. The van der Waals surface area contributed by atoms with Crippen molar-refractivity contribution in [2.45, 2.75) is 10.1 Å². The second kappa shape index (κ2) is 4.63. The number of nitrogens with zero attached hydrogens (tertiary/aromatic N) is 1. The van der Waals surface area contributed by atoms with Gasteiger partial charge in [-0.25, -0.2) is 4.98 Å². The SMILES string of the molecule is O=Cc1ccc(Br)cc1Sc1ncc[nH]1. The van der Waals surface area contributed by atoms with Crippen molar-refractivity contribution in [1.82, 2.24) is 9.97 Å². The number of rotatable bonds is 3. The number of benzene rings is 1. The van der Waals surface area contributed by atoms with Gasteiger partial charge in [-0.15, -0.1) is 0 Å². The highest BCUT2D eigenvalue weighted by molar-refractivity contribution is 9.10. The van der Waals surface area contributed by atoms with Crippen LogP contribution in [0, 0.1) is 0 Å². The number of aromatic amines is 1. The van der Waals surface area contributed by atoms with E-state index < -0.39 is 0 Å². The van der Waals surface area contributed by atoms with Crippen molar-refractivity contribution in [2.75, 3.05) is 0 Å². The van der Waals surface area contributed by atoms with Crippen molar-refractivity contribution in [3.05, 3.63) is 40.6 Å². The Labute approximate surface area is 99.4 Å². The average Bonchev–Trinajstić information content (AvgIpc) is 2.71. The number of carbonyl (C=O) groups excluding carboxylic acids is 1. The van der Waals surface area contributed by atoms with E-state index in [1.54, 1.807) is 18.5 Å². The van der Waals surface area contributed by atoms with Crippen LogP contribution in [0.15, 0.2) is 45.1 Å². The van der Waals surface area contributed by atoms with Crippen LogP contribution >= 0.6 is 27.7 Å². The fourth-order valence-electron chi connectivity index (χ4n) is 1.10. The van der Waals surface area contributed by atoms with Gasteiger partial charge in [0.05, 0.1) is 0 Å². The van der Waals surface area contributed by atoms with E-state index in [1.165, 1.54) is 11.8 Å². The van der Waals surface area contributed by atoms with Crippen molar-refractivity contribution in [1.29, 1.82) is 0 Å². The summed E-state index contributed by atoms with van der Waals surface area (Å²) in [6.07, 6.45) is 4.28. The lowest BCUT2D eigenvalue weighted by molar-refractivity contribution is 0.112. The Morgan fingerprint density at radius 2 is 2.33 bits per heavy atom. The zero-order chi connectivity index (χ0) is 10.7. The van der Waals surface area contributed by atoms with E-state index in [0.29, 0.717) is 5.56 Å². The van der Waals surface area contributed by atoms with Crippen molar-refractivity contribution in [3.8, 4) is 0 Å². The normalized spacial score (nSPS) is 10.2. The highest BCUT2D eigenvalue weighted by atomic mass is 79.9. The van der Waals surface area contributed by atoms with E-state index >= 15 is 0 Å². The first kappa shape index (κ1) is 10.4. The van der Waals surface area contributed by atoms with Crippen LogP contribution in [0.5, 0.6) is 0 Å². The molecule has 0 aliphatic rings. The zero-order valence-electron chi connectivity index (χ0n) is 7.61. The third kappa shape index (κ3) is 2.49. The molecule has 0 radical (unpaired) electrons. The van der Waals surface area contributed by atoms with Gasteiger partial charge in [0.1, 0.15) is 0 Å². The lowest BCUT2D eigenvalue weighted by Gasteiger charge is -2.02. The Kier molecular flexibility index (Phi) is 3.23. The molecule has 2 aromatic rings. The molecule has 0 amide bonds. The largest absolute Gasteiger partial charge is 0.339 e. The molecule has 15 heavy (non-hydrogen) atoms. The number of hydrogen-bond donors (Lipinski definition) is 1. The number of nitrogens with one attached hydrogen (secondary N) is 1. The standard InChI is InChI=1S/C10H7BrN2OS/c11-8-2-1-7(6-14)9(5-8)15-10-12-3-4-13-10/h1-6H,(H,12,13). The molecule has 0 fully saturated rings. The number of carbonyl (C=O) groups is 1. The first-order valence-electron chi connectivity index (χ1n) is 4.21. The average molecular weight is 283 g/mol. The molecule has 0 aliphatic heterocycles. The van der Waals surface area contributed by atoms with Crippen LogP contribution in [0.25, 0.3) is 0 Å². The second-order valence-corrected chi connectivity index (χ2v) is 4.74. The fourth-order valence-corrected chi connectivity index (χ4v) is 2.49. The molecular weight excluding hydrogens is 276 g/mol. The Hall–Kier alpha value is -1.07. The number of hydrogen-bond acceptors (Lipinski definition) is 3. The number of imidazole rings is 1. The molecule has 1 aromatic carbocycles. The highest BCUT2D eigenvalue weighted by Crippen LogP contribution is 2.29. The molecule has 1 heterocycles. The third-order valence-electron chi connectivity index (χ3n) is 1.78. The maximum atomic E-state index is 10.8. The van der Waals surface area contributed by atoms with Gasteiger partial charge < -0.3 is 4.98 Å². The summed E-state index contributed by atoms with van der Waals surface area (Å²) in [6, 6.07) is 5.52. The lowest BCUT2D eigenvalue weighted by Crippen LogP contribution is -1.85. The monoisotopic (exact) mass is 282 g/mol. The van der Waals surface area contributed by atoms with Gasteiger partial charge >= 0.3 is 0 Å². The van der Waals surface area contributed by atoms with Crippen molar-refractivity contribution >= 4 is 34.0 Å². The van der Waals surface area contributed by atoms with E-state index in [-0.39, 0.29) is 0 Å².